The highest BCUT2D eigenvalue weighted by atomic mass is 32.1. The van der Waals surface area contributed by atoms with Crippen molar-refractivity contribution in [3.05, 3.63) is 40.9 Å². The van der Waals surface area contributed by atoms with Gasteiger partial charge in [0.15, 0.2) is 0 Å². The van der Waals surface area contributed by atoms with Crippen LogP contribution >= 0.6 is 11.3 Å². The molecule has 1 aliphatic heterocycles. The number of rotatable bonds is 8. The Hall–Kier alpha value is -1.80. The summed E-state index contributed by atoms with van der Waals surface area (Å²) in [4.78, 5) is 19.3. The topological polar surface area (TPSA) is 80.5 Å². The van der Waals surface area contributed by atoms with E-state index in [0.717, 1.165) is 54.7 Å². The molecule has 0 bridgehead atoms. The zero-order chi connectivity index (χ0) is 19.1. The fourth-order valence-corrected chi connectivity index (χ4v) is 3.97. The van der Waals surface area contributed by atoms with Crippen LogP contribution in [0.15, 0.2) is 29.6 Å². The molecule has 1 saturated heterocycles. The molecule has 1 unspecified atom stereocenters. The van der Waals surface area contributed by atoms with E-state index in [1.165, 1.54) is 0 Å². The Morgan fingerprint density at radius 1 is 1.41 bits per heavy atom. The standard InChI is InChI=1S/C20H28N4O2S/c1-15(13-24-5-7-26-8-6-24)12-22-19(25)10-18-14-27-20(23-18)17-4-2-3-16(9-17)11-21/h2-4,9,14-15H,5-8,10-13,21H2,1H3,(H,22,25). The van der Waals surface area contributed by atoms with E-state index >= 15 is 0 Å². The molecule has 6 nitrogen and oxygen atoms in total. The van der Waals surface area contributed by atoms with E-state index in [1.54, 1.807) is 11.3 Å². The first kappa shape index (κ1) is 19.9. The predicted octanol–water partition coefficient (Wildman–Crippen LogP) is 1.90. The summed E-state index contributed by atoms with van der Waals surface area (Å²) in [6.45, 7) is 7.92. The lowest BCUT2D eigenvalue weighted by atomic mass is 10.1. The Labute approximate surface area is 164 Å². The smallest absolute Gasteiger partial charge is 0.226 e. The Kier molecular flexibility index (Phi) is 7.34. The number of morpholine rings is 1. The molecule has 1 aromatic carbocycles. The van der Waals surface area contributed by atoms with Crippen LogP contribution in [0.1, 0.15) is 18.2 Å². The van der Waals surface area contributed by atoms with E-state index in [9.17, 15) is 4.79 Å². The number of amides is 1. The molecular weight excluding hydrogens is 360 g/mol. The van der Waals surface area contributed by atoms with Crippen molar-refractivity contribution in [2.45, 2.75) is 19.9 Å². The van der Waals surface area contributed by atoms with Gasteiger partial charge in [-0.05, 0) is 17.5 Å². The largest absolute Gasteiger partial charge is 0.379 e. The molecule has 1 aromatic heterocycles. The monoisotopic (exact) mass is 388 g/mol. The van der Waals surface area contributed by atoms with Crippen LogP contribution in [0, 0.1) is 5.92 Å². The lowest BCUT2D eigenvalue weighted by Gasteiger charge is -2.29. The third-order valence-corrected chi connectivity index (χ3v) is 5.56. The maximum absolute atomic E-state index is 12.3. The molecule has 2 aromatic rings. The second-order valence-electron chi connectivity index (χ2n) is 7.05. The Morgan fingerprint density at radius 2 is 2.22 bits per heavy atom. The number of hydrogen-bond donors (Lipinski definition) is 2. The lowest BCUT2D eigenvalue weighted by Crippen LogP contribution is -2.41. The molecule has 2 heterocycles. The third kappa shape index (κ3) is 6.10. The summed E-state index contributed by atoms with van der Waals surface area (Å²) in [6, 6.07) is 8.07. The predicted molar refractivity (Wildman–Crippen MR) is 109 cm³/mol. The molecule has 0 spiro atoms. The van der Waals surface area contributed by atoms with Crippen LogP contribution in [0.5, 0.6) is 0 Å². The van der Waals surface area contributed by atoms with E-state index in [-0.39, 0.29) is 5.91 Å². The van der Waals surface area contributed by atoms with E-state index in [0.29, 0.717) is 25.4 Å². The molecular formula is C20H28N4O2S. The number of carbonyl (C=O) groups excluding carboxylic acids is 1. The Morgan fingerprint density at radius 3 is 3.00 bits per heavy atom. The summed E-state index contributed by atoms with van der Waals surface area (Å²) < 4.78 is 5.37. The summed E-state index contributed by atoms with van der Waals surface area (Å²) in [7, 11) is 0. The molecule has 3 rings (SSSR count). The maximum Gasteiger partial charge on any atom is 0.226 e. The number of carbonyl (C=O) groups is 1. The number of nitrogens with zero attached hydrogens (tertiary/aromatic N) is 2. The van der Waals surface area contributed by atoms with Gasteiger partial charge in [0.1, 0.15) is 5.01 Å². The van der Waals surface area contributed by atoms with Gasteiger partial charge in [0, 0.05) is 43.7 Å². The zero-order valence-electron chi connectivity index (χ0n) is 15.8. The number of ether oxygens (including phenoxy) is 1. The fraction of sp³-hybridized carbons (Fsp3) is 0.500. The average Bonchev–Trinajstić information content (AvgIpc) is 3.16. The highest BCUT2D eigenvalue weighted by molar-refractivity contribution is 7.13. The molecule has 1 fully saturated rings. The van der Waals surface area contributed by atoms with Crippen molar-refractivity contribution in [3.63, 3.8) is 0 Å². The zero-order valence-corrected chi connectivity index (χ0v) is 16.6. The summed E-state index contributed by atoms with van der Waals surface area (Å²) in [5.74, 6) is 0.438. The maximum atomic E-state index is 12.3. The molecule has 7 heteroatoms. The first-order valence-electron chi connectivity index (χ1n) is 9.44. The number of nitrogens with two attached hydrogens (primary N) is 1. The van der Waals surface area contributed by atoms with Crippen LogP contribution < -0.4 is 11.1 Å². The quantitative estimate of drug-likeness (QED) is 0.722. The van der Waals surface area contributed by atoms with Crippen molar-refractivity contribution in [3.8, 4) is 10.6 Å². The fourth-order valence-electron chi connectivity index (χ4n) is 3.16. The lowest BCUT2D eigenvalue weighted by molar-refractivity contribution is -0.120. The van der Waals surface area contributed by atoms with Crippen molar-refractivity contribution in [1.82, 2.24) is 15.2 Å². The average molecular weight is 389 g/mol. The third-order valence-electron chi connectivity index (χ3n) is 4.62. The summed E-state index contributed by atoms with van der Waals surface area (Å²) in [6.07, 6.45) is 0.317. The molecule has 1 aliphatic rings. The summed E-state index contributed by atoms with van der Waals surface area (Å²) in [5.41, 5.74) is 8.65. The van der Waals surface area contributed by atoms with Gasteiger partial charge in [0.05, 0.1) is 25.3 Å². The number of nitrogens with one attached hydrogen (secondary N) is 1. The number of aromatic nitrogens is 1. The first-order chi connectivity index (χ1) is 13.1. The molecule has 0 radical (unpaired) electrons. The van der Waals surface area contributed by atoms with Crippen molar-refractivity contribution in [2.75, 3.05) is 39.4 Å². The highest BCUT2D eigenvalue weighted by Gasteiger charge is 2.15. The van der Waals surface area contributed by atoms with Gasteiger partial charge in [0.2, 0.25) is 5.91 Å². The van der Waals surface area contributed by atoms with Gasteiger partial charge in [-0.2, -0.15) is 0 Å². The van der Waals surface area contributed by atoms with Gasteiger partial charge in [-0.1, -0.05) is 25.1 Å². The van der Waals surface area contributed by atoms with Crippen LogP contribution in [-0.4, -0.2) is 55.2 Å². The van der Waals surface area contributed by atoms with Crippen molar-refractivity contribution >= 4 is 17.2 Å². The number of benzene rings is 1. The van der Waals surface area contributed by atoms with Gasteiger partial charge in [-0.3, -0.25) is 9.69 Å². The van der Waals surface area contributed by atoms with Crippen molar-refractivity contribution in [2.24, 2.45) is 11.7 Å². The number of thiazole rings is 1. The Bertz CT molecular complexity index is 743. The van der Waals surface area contributed by atoms with Crippen LogP contribution in [0.3, 0.4) is 0 Å². The first-order valence-corrected chi connectivity index (χ1v) is 10.3. The van der Waals surface area contributed by atoms with Crippen LogP contribution in [0.2, 0.25) is 0 Å². The van der Waals surface area contributed by atoms with Gasteiger partial charge < -0.3 is 15.8 Å². The minimum Gasteiger partial charge on any atom is -0.379 e. The van der Waals surface area contributed by atoms with Crippen LogP contribution in [0.25, 0.3) is 10.6 Å². The van der Waals surface area contributed by atoms with E-state index in [4.69, 9.17) is 10.5 Å². The van der Waals surface area contributed by atoms with Gasteiger partial charge in [-0.25, -0.2) is 4.98 Å². The molecule has 0 aliphatic carbocycles. The van der Waals surface area contributed by atoms with Crippen molar-refractivity contribution in [1.29, 1.82) is 0 Å². The molecule has 1 atom stereocenters. The second kappa shape index (κ2) is 9.94. The normalized spacial score (nSPS) is 16.2. The SMILES string of the molecule is CC(CNC(=O)Cc1csc(-c2cccc(CN)c2)n1)CN1CCOCC1. The van der Waals surface area contributed by atoms with E-state index in [2.05, 4.69) is 28.2 Å². The van der Waals surface area contributed by atoms with Crippen LogP contribution in [-0.2, 0) is 22.5 Å². The minimum atomic E-state index is 0.0244. The molecule has 146 valence electrons. The van der Waals surface area contributed by atoms with Crippen molar-refractivity contribution < 1.29 is 9.53 Å². The summed E-state index contributed by atoms with van der Waals surface area (Å²) >= 11 is 1.56. The van der Waals surface area contributed by atoms with Crippen LogP contribution in [0.4, 0.5) is 0 Å². The van der Waals surface area contributed by atoms with Gasteiger partial charge in [0.25, 0.3) is 0 Å². The van der Waals surface area contributed by atoms with Gasteiger partial charge >= 0.3 is 0 Å². The molecule has 27 heavy (non-hydrogen) atoms. The van der Waals surface area contributed by atoms with E-state index in [1.807, 2.05) is 23.6 Å². The molecule has 3 N–H and O–H groups in total. The van der Waals surface area contributed by atoms with E-state index < -0.39 is 0 Å². The molecule has 1 amide bonds. The second-order valence-corrected chi connectivity index (χ2v) is 7.91. The number of hydrogen-bond acceptors (Lipinski definition) is 6. The minimum absolute atomic E-state index is 0.0244. The highest BCUT2D eigenvalue weighted by Crippen LogP contribution is 2.24. The molecule has 0 saturated carbocycles. The summed E-state index contributed by atoms with van der Waals surface area (Å²) in [5, 5.41) is 5.92. The van der Waals surface area contributed by atoms with Gasteiger partial charge in [-0.15, -0.1) is 11.3 Å². The Balaban J connectivity index is 1.46.